The zero-order valence-electron chi connectivity index (χ0n) is 10.9. The average Bonchev–Trinajstić information content (AvgIpc) is 2.41. The Morgan fingerprint density at radius 3 is 2.26 bits per heavy atom. The topological polar surface area (TPSA) is 29.3 Å². The number of rotatable bonds is 3. The van der Waals surface area contributed by atoms with E-state index < -0.39 is 17.7 Å². The van der Waals surface area contributed by atoms with Gasteiger partial charge in [-0.1, -0.05) is 18.2 Å². The third-order valence-electron chi connectivity index (χ3n) is 3.05. The largest absolute Gasteiger partial charge is 0.378 e. The first-order valence-electron chi connectivity index (χ1n) is 5.97. The molecule has 100 valence electrons. The fraction of sp³-hybridized carbons (Fsp3) is 0.200. The normalized spacial score (nSPS) is 12.3. The van der Waals surface area contributed by atoms with Crippen LogP contribution >= 0.6 is 0 Å². The molecule has 0 aromatic heterocycles. The molecule has 0 aliphatic rings. The molecule has 0 saturated carbocycles. The first kappa shape index (κ1) is 13.5. The van der Waals surface area contributed by atoms with Crippen LogP contribution in [-0.2, 0) is 0 Å². The number of halogens is 2. The van der Waals surface area contributed by atoms with Crippen LogP contribution in [0.4, 0.5) is 14.5 Å². The van der Waals surface area contributed by atoms with Gasteiger partial charge in [0.15, 0.2) is 11.6 Å². The van der Waals surface area contributed by atoms with Crippen molar-refractivity contribution in [2.75, 3.05) is 19.0 Å². The summed E-state index contributed by atoms with van der Waals surface area (Å²) >= 11 is 0. The minimum Gasteiger partial charge on any atom is -0.378 e. The van der Waals surface area contributed by atoms with Gasteiger partial charge >= 0.3 is 0 Å². The highest BCUT2D eigenvalue weighted by Gasteiger charge is 2.12. The highest BCUT2D eigenvalue weighted by molar-refractivity contribution is 5.49. The number of hydrogen-bond acceptors (Lipinski definition) is 2. The van der Waals surface area contributed by atoms with E-state index in [0.29, 0.717) is 5.56 Å². The SMILES string of the molecule is CN(C)c1cccc(C(N)c2ccc(F)c(F)c2)c1. The third kappa shape index (κ3) is 2.90. The van der Waals surface area contributed by atoms with Gasteiger partial charge < -0.3 is 10.6 Å². The predicted molar refractivity (Wildman–Crippen MR) is 73.2 cm³/mol. The van der Waals surface area contributed by atoms with Gasteiger partial charge in [-0.05, 0) is 35.4 Å². The molecule has 0 radical (unpaired) electrons. The summed E-state index contributed by atoms with van der Waals surface area (Å²) in [7, 11) is 3.87. The van der Waals surface area contributed by atoms with E-state index in [1.807, 2.05) is 43.3 Å². The standard InChI is InChI=1S/C15H16F2N2/c1-19(2)12-5-3-4-10(8-12)15(18)11-6-7-13(16)14(17)9-11/h3-9,15H,18H2,1-2H3. The summed E-state index contributed by atoms with van der Waals surface area (Å²) in [6, 6.07) is 10.9. The van der Waals surface area contributed by atoms with Crippen molar-refractivity contribution in [1.82, 2.24) is 0 Å². The molecule has 0 saturated heterocycles. The van der Waals surface area contributed by atoms with E-state index in [0.717, 1.165) is 23.4 Å². The Bertz CT molecular complexity index is 582. The van der Waals surface area contributed by atoms with E-state index in [9.17, 15) is 8.78 Å². The third-order valence-corrected chi connectivity index (χ3v) is 3.05. The van der Waals surface area contributed by atoms with Crippen molar-refractivity contribution in [3.8, 4) is 0 Å². The molecule has 0 aliphatic heterocycles. The minimum absolute atomic E-state index is 0.477. The zero-order chi connectivity index (χ0) is 14.0. The average molecular weight is 262 g/mol. The molecule has 0 amide bonds. The van der Waals surface area contributed by atoms with Crippen molar-refractivity contribution in [3.05, 3.63) is 65.2 Å². The van der Waals surface area contributed by atoms with Gasteiger partial charge in [-0.3, -0.25) is 0 Å². The van der Waals surface area contributed by atoms with Crippen molar-refractivity contribution in [2.24, 2.45) is 5.73 Å². The smallest absolute Gasteiger partial charge is 0.159 e. The summed E-state index contributed by atoms with van der Waals surface area (Å²) in [5.74, 6) is -1.74. The van der Waals surface area contributed by atoms with E-state index in [2.05, 4.69) is 0 Å². The first-order valence-corrected chi connectivity index (χ1v) is 5.97. The fourth-order valence-corrected chi connectivity index (χ4v) is 1.89. The Morgan fingerprint density at radius 1 is 0.947 bits per heavy atom. The van der Waals surface area contributed by atoms with E-state index in [4.69, 9.17) is 5.73 Å². The van der Waals surface area contributed by atoms with Gasteiger partial charge in [0.2, 0.25) is 0 Å². The van der Waals surface area contributed by atoms with Crippen LogP contribution in [-0.4, -0.2) is 14.1 Å². The highest BCUT2D eigenvalue weighted by Crippen LogP contribution is 2.24. The predicted octanol–water partition coefficient (Wildman–Crippen LogP) is 3.08. The molecule has 4 heteroatoms. The van der Waals surface area contributed by atoms with Crippen LogP contribution in [0.25, 0.3) is 0 Å². The Balaban J connectivity index is 2.35. The quantitative estimate of drug-likeness (QED) is 0.921. The highest BCUT2D eigenvalue weighted by atomic mass is 19.2. The van der Waals surface area contributed by atoms with Crippen molar-refractivity contribution < 1.29 is 8.78 Å². The van der Waals surface area contributed by atoms with E-state index in [-0.39, 0.29) is 0 Å². The number of hydrogen-bond donors (Lipinski definition) is 1. The molecule has 1 atom stereocenters. The minimum atomic E-state index is -0.878. The molecule has 19 heavy (non-hydrogen) atoms. The van der Waals surface area contributed by atoms with Gasteiger partial charge in [-0.25, -0.2) is 8.78 Å². The van der Waals surface area contributed by atoms with Gasteiger partial charge in [0.25, 0.3) is 0 Å². The summed E-state index contributed by atoms with van der Waals surface area (Å²) < 4.78 is 26.1. The molecule has 0 fully saturated rings. The van der Waals surface area contributed by atoms with Crippen LogP contribution < -0.4 is 10.6 Å². The fourth-order valence-electron chi connectivity index (χ4n) is 1.89. The van der Waals surface area contributed by atoms with Crippen LogP contribution in [0.2, 0.25) is 0 Å². The lowest BCUT2D eigenvalue weighted by Crippen LogP contribution is -2.14. The number of nitrogens with zero attached hydrogens (tertiary/aromatic N) is 1. The molecular formula is C15H16F2N2. The van der Waals surface area contributed by atoms with Crippen molar-refractivity contribution >= 4 is 5.69 Å². The van der Waals surface area contributed by atoms with Crippen LogP contribution in [0.3, 0.4) is 0 Å². The maximum Gasteiger partial charge on any atom is 0.159 e. The van der Waals surface area contributed by atoms with Gasteiger partial charge in [0.1, 0.15) is 0 Å². The Hall–Kier alpha value is -1.94. The molecule has 0 bridgehead atoms. The number of nitrogens with two attached hydrogens (primary N) is 1. The van der Waals surface area contributed by atoms with Gasteiger partial charge in [-0.2, -0.15) is 0 Å². The lowest BCUT2D eigenvalue weighted by Gasteiger charge is -2.17. The van der Waals surface area contributed by atoms with Gasteiger partial charge in [-0.15, -0.1) is 0 Å². The second-order valence-electron chi connectivity index (χ2n) is 4.64. The second-order valence-corrected chi connectivity index (χ2v) is 4.64. The molecule has 0 aliphatic carbocycles. The summed E-state index contributed by atoms with van der Waals surface area (Å²) in [4.78, 5) is 1.96. The molecule has 2 N–H and O–H groups in total. The van der Waals surface area contributed by atoms with E-state index in [1.165, 1.54) is 6.07 Å². The van der Waals surface area contributed by atoms with E-state index in [1.54, 1.807) is 0 Å². The molecular weight excluding hydrogens is 246 g/mol. The summed E-state index contributed by atoms with van der Waals surface area (Å²) in [6.07, 6.45) is 0. The Kier molecular flexibility index (Phi) is 3.81. The molecule has 2 aromatic rings. The molecule has 2 aromatic carbocycles. The van der Waals surface area contributed by atoms with Crippen LogP contribution in [0, 0.1) is 11.6 Å². The Labute approximate surface area is 111 Å². The summed E-state index contributed by atoms with van der Waals surface area (Å²) in [5, 5.41) is 0. The second kappa shape index (κ2) is 5.36. The number of benzene rings is 2. The molecule has 0 heterocycles. The van der Waals surface area contributed by atoms with Crippen molar-refractivity contribution in [1.29, 1.82) is 0 Å². The maximum absolute atomic E-state index is 13.2. The molecule has 2 nitrogen and oxygen atoms in total. The number of anilines is 1. The lowest BCUT2D eigenvalue weighted by atomic mass is 9.99. The summed E-state index contributed by atoms with van der Waals surface area (Å²) in [6.45, 7) is 0. The first-order chi connectivity index (χ1) is 8.99. The molecule has 2 rings (SSSR count). The van der Waals surface area contributed by atoms with Gasteiger partial charge in [0, 0.05) is 19.8 Å². The zero-order valence-corrected chi connectivity index (χ0v) is 10.9. The molecule has 1 unspecified atom stereocenters. The van der Waals surface area contributed by atoms with Crippen LogP contribution in [0.1, 0.15) is 17.2 Å². The van der Waals surface area contributed by atoms with Crippen LogP contribution in [0.15, 0.2) is 42.5 Å². The Morgan fingerprint density at radius 2 is 1.63 bits per heavy atom. The van der Waals surface area contributed by atoms with Crippen molar-refractivity contribution in [3.63, 3.8) is 0 Å². The maximum atomic E-state index is 13.2. The van der Waals surface area contributed by atoms with Crippen molar-refractivity contribution in [2.45, 2.75) is 6.04 Å². The lowest BCUT2D eigenvalue weighted by molar-refractivity contribution is 0.506. The van der Waals surface area contributed by atoms with E-state index >= 15 is 0 Å². The monoisotopic (exact) mass is 262 g/mol. The summed E-state index contributed by atoms with van der Waals surface area (Å²) in [5.41, 5.74) is 8.52. The van der Waals surface area contributed by atoms with Crippen LogP contribution in [0.5, 0.6) is 0 Å². The van der Waals surface area contributed by atoms with Gasteiger partial charge in [0.05, 0.1) is 6.04 Å². The molecule has 0 spiro atoms.